The summed E-state index contributed by atoms with van der Waals surface area (Å²) >= 11 is 0. The summed E-state index contributed by atoms with van der Waals surface area (Å²) in [5.41, 5.74) is -0.972. The zero-order valence-electron chi connectivity index (χ0n) is 15.2. The molecule has 1 amide bonds. The summed E-state index contributed by atoms with van der Waals surface area (Å²) in [5.74, 6) is 1.07. The fourth-order valence-electron chi connectivity index (χ4n) is 3.81. The van der Waals surface area contributed by atoms with E-state index in [0.717, 1.165) is 25.3 Å². The smallest absolute Gasteiger partial charge is 0.224 e. The van der Waals surface area contributed by atoms with E-state index in [9.17, 15) is 9.90 Å². The van der Waals surface area contributed by atoms with Crippen LogP contribution in [0.1, 0.15) is 32.0 Å². The van der Waals surface area contributed by atoms with Gasteiger partial charge in [-0.05, 0) is 25.9 Å². The molecule has 0 aliphatic carbocycles. The van der Waals surface area contributed by atoms with Gasteiger partial charge in [-0.1, -0.05) is 6.92 Å². The number of aryl methyl sites for hydroxylation is 2. The van der Waals surface area contributed by atoms with E-state index in [0.29, 0.717) is 45.8 Å². The molecule has 0 spiro atoms. The van der Waals surface area contributed by atoms with Crippen LogP contribution in [0.15, 0.2) is 12.4 Å². The number of ether oxygens (including phenoxy) is 1. The van der Waals surface area contributed by atoms with Gasteiger partial charge in [-0.2, -0.15) is 0 Å². The van der Waals surface area contributed by atoms with Gasteiger partial charge < -0.3 is 24.2 Å². The molecule has 1 aromatic rings. The van der Waals surface area contributed by atoms with Crippen molar-refractivity contribution in [2.24, 2.45) is 0 Å². The van der Waals surface area contributed by atoms with Crippen molar-refractivity contribution in [3.63, 3.8) is 0 Å². The first-order chi connectivity index (χ1) is 12.1. The lowest BCUT2D eigenvalue weighted by Crippen LogP contribution is -2.53. The molecule has 7 nitrogen and oxygen atoms in total. The molecule has 1 atom stereocenters. The Balaban J connectivity index is 1.56. The average Bonchev–Trinajstić information content (AvgIpc) is 3.22. The second-order valence-electron chi connectivity index (χ2n) is 7.22. The highest BCUT2D eigenvalue weighted by Gasteiger charge is 2.36. The van der Waals surface area contributed by atoms with Gasteiger partial charge in [-0.15, -0.1) is 0 Å². The third-order valence-electron chi connectivity index (χ3n) is 5.12. The number of carbonyl (C=O) groups is 1. The van der Waals surface area contributed by atoms with Crippen molar-refractivity contribution in [3.8, 4) is 0 Å². The lowest BCUT2D eigenvalue weighted by Gasteiger charge is -2.34. The molecule has 3 rings (SSSR count). The second-order valence-corrected chi connectivity index (χ2v) is 7.22. The fourth-order valence-corrected chi connectivity index (χ4v) is 3.81. The Hall–Kier alpha value is -1.44. The van der Waals surface area contributed by atoms with E-state index in [1.165, 1.54) is 12.8 Å². The van der Waals surface area contributed by atoms with E-state index < -0.39 is 5.60 Å². The number of nitrogens with zero attached hydrogens (tertiary/aromatic N) is 4. The molecule has 0 aromatic carbocycles. The Kier molecular flexibility index (Phi) is 6.09. The van der Waals surface area contributed by atoms with E-state index in [4.69, 9.17) is 4.74 Å². The highest BCUT2D eigenvalue weighted by molar-refractivity contribution is 5.76. The molecule has 2 saturated heterocycles. The first-order valence-corrected chi connectivity index (χ1v) is 9.40. The number of aliphatic hydroxyl groups is 1. The summed E-state index contributed by atoms with van der Waals surface area (Å²) in [7, 11) is 0. The van der Waals surface area contributed by atoms with Gasteiger partial charge in [0.05, 0.1) is 19.8 Å². The molecule has 1 aromatic heterocycles. The predicted molar refractivity (Wildman–Crippen MR) is 94.2 cm³/mol. The number of hydrogen-bond acceptors (Lipinski definition) is 5. The third kappa shape index (κ3) is 4.80. The lowest BCUT2D eigenvalue weighted by atomic mass is 10.0. The normalized spacial score (nSPS) is 25.3. The number of hydrogen-bond donors (Lipinski definition) is 1. The van der Waals surface area contributed by atoms with Crippen molar-refractivity contribution in [2.75, 3.05) is 45.9 Å². The van der Waals surface area contributed by atoms with E-state index in [1.54, 1.807) is 11.1 Å². The minimum absolute atomic E-state index is 0.0705. The number of β-amino-alcohol motifs (C(OH)–C–C–N with tert-alkyl or cyclic N) is 1. The van der Waals surface area contributed by atoms with Crippen molar-refractivity contribution in [2.45, 2.75) is 44.8 Å². The van der Waals surface area contributed by atoms with E-state index >= 15 is 0 Å². The average molecular weight is 350 g/mol. The van der Waals surface area contributed by atoms with Crippen LogP contribution in [0, 0.1) is 0 Å². The molecular weight excluding hydrogens is 320 g/mol. The van der Waals surface area contributed by atoms with Crippen molar-refractivity contribution in [3.05, 3.63) is 18.2 Å². The van der Waals surface area contributed by atoms with Crippen LogP contribution in [0.4, 0.5) is 0 Å². The lowest BCUT2D eigenvalue weighted by molar-refractivity contribution is -0.134. The minimum atomic E-state index is -0.972. The Morgan fingerprint density at radius 3 is 2.92 bits per heavy atom. The Morgan fingerprint density at radius 2 is 2.16 bits per heavy atom. The quantitative estimate of drug-likeness (QED) is 0.810. The standard InChI is InChI=1S/C18H30N4O3/c1-2-16-19-6-10-21(16)9-5-17(23)22-11-12-25-15-18(24,14-22)13-20-7-3-4-8-20/h6,10,24H,2-5,7-9,11-15H2,1H3/t18-/m0/s1. The first-order valence-electron chi connectivity index (χ1n) is 9.40. The molecule has 2 fully saturated rings. The number of imidazole rings is 1. The van der Waals surface area contributed by atoms with E-state index in [1.807, 2.05) is 10.8 Å². The Bertz CT molecular complexity index is 570. The molecule has 3 heterocycles. The molecule has 0 saturated carbocycles. The number of carbonyl (C=O) groups excluding carboxylic acids is 1. The van der Waals surface area contributed by atoms with Gasteiger partial charge in [-0.3, -0.25) is 4.79 Å². The SMILES string of the molecule is CCc1nccn1CCC(=O)N1CCOC[C@](O)(CN2CCCC2)C1. The van der Waals surface area contributed by atoms with Crippen LogP contribution in [-0.2, 0) is 22.5 Å². The molecule has 2 aliphatic rings. The topological polar surface area (TPSA) is 70.8 Å². The summed E-state index contributed by atoms with van der Waals surface area (Å²) in [6.07, 6.45) is 7.34. The van der Waals surface area contributed by atoms with E-state index in [2.05, 4.69) is 16.8 Å². The third-order valence-corrected chi connectivity index (χ3v) is 5.12. The Morgan fingerprint density at radius 1 is 1.36 bits per heavy atom. The highest BCUT2D eigenvalue weighted by Crippen LogP contribution is 2.18. The summed E-state index contributed by atoms with van der Waals surface area (Å²) in [6.45, 7) is 7.01. The Labute approximate surface area is 149 Å². The maximum atomic E-state index is 12.7. The van der Waals surface area contributed by atoms with Gasteiger partial charge >= 0.3 is 0 Å². The molecular formula is C18H30N4O3. The van der Waals surface area contributed by atoms with Crippen molar-refractivity contribution >= 4 is 5.91 Å². The van der Waals surface area contributed by atoms with Crippen LogP contribution < -0.4 is 0 Å². The van der Waals surface area contributed by atoms with Crippen LogP contribution in [0.5, 0.6) is 0 Å². The zero-order valence-corrected chi connectivity index (χ0v) is 15.2. The van der Waals surface area contributed by atoms with Gasteiger partial charge in [0, 0.05) is 44.9 Å². The number of rotatable bonds is 6. The van der Waals surface area contributed by atoms with Gasteiger partial charge in [-0.25, -0.2) is 4.98 Å². The molecule has 25 heavy (non-hydrogen) atoms. The number of likely N-dealkylation sites (tertiary alicyclic amines) is 1. The molecule has 0 bridgehead atoms. The van der Waals surface area contributed by atoms with Crippen molar-refractivity contribution in [1.29, 1.82) is 0 Å². The van der Waals surface area contributed by atoms with Crippen molar-refractivity contribution in [1.82, 2.24) is 19.4 Å². The molecule has 0 unspecified atom stereocenters. The second kappa shape index (κ2) is 8.29. The molecule has 1 N–H and O–H groups in total. The monoisotopic (exact) mass is 350 g/mol. The molecule has 2 aliphatic heterocycles. The van der Waals surface area contributed by atoms with Crippen LogP contribution in [-0.4, -0.2) is 81.9 Å². The van der Waals surface area contributed by atoms with Crippen LogP contribution >= 0.6 is 0 Å². The molecule has 0 radical (unpaired) electrons. The van der Waals surface area contributed by atoms with Gasteiger partial charge in [0.25, 0.3) is 0 Å². The number of aromatic nitrogens is 2. The highest BCUT2D eigenvalue weighted by atomic mass is 16.5. The maximum absolute atomic E-state index is 12.7. The van der Waals surface area contributed by atoms with Gasteiger partial charge in [0.15, 0.2) is 0 Å². The maximum Gasteiger partial charge on any atom is 0.224 e. The number of amides is 1. The summed E-state index contributed by atoms with van der Waals surface area (Å²) in [6, 6.07) is 0. The minimum Gasteiger partial charge on any atom is -0.384 e. The van der Waals surface area contributed by atoms with E-state index in [-0.39, 0.29) is 5.91 Å². The van der Waals surface area contributed by atoms with Crippen molar-refractivity contribution < 1.29 is 14.6 Å². The van der Waals surface area contributed by atoms with Crippen LogP contribution in [0.3, 0.4) is 0 Å². The zero-order chi connectivity index (χ0) is 17.7. The first kappa shape index (κ1) is 18.4. The van der Waals surface area contributed by atoms with Gasteiger partial charge in [0.2, 0.25) is 5.91 Å². The summed E-state index contributed by atoms with van der Waals surface area (Å²) in [4.78, 5) is 21.0. The van der Waals surface area contributed by atoms with Crippen LogP contribution in [0.2, 0.25) is 0 Å². The fraction of sp³-hybridized carbons (Fsp3) is 0.778. The van der Waals surface area contributed by atoms with Gasteiger partial charge in [0.1, 0.15) is 11.4 Å². The largest absolute Gasteiger partial charge is 0.384 e. The summed E-state index contributed by atoms with van der Waals surface area (Å²) in [5, 5.41) is 11.0. The summed E-state index contributed by atoms with van der Waals surface area (Å²) < 4.78 is 7.63. The molecule has 140 valence electrons. The molecule has 7 heteroatoms. The van der Waals surface area contributed by atoms with Crippen LogP contribution in [0.25, 0.3) is 0 Å². The predicted octanol–water partition coefficient (Wildman–Crippen LogP) is 0.521.